The molecule has 0 atom stereocenters. The van der Waals surface area contributed by atoms with Crippen LogP contribution < -0.4 is 5.90 Å². The van der Waals surface area contributed by atoms with E-state index in [1.54, 1.807) is 13.8 Å². The molecule has 1 aromatic carbocycles. The molecule has 0 aromatic heterocycles. The third-order valence-corrected chi connectivity index (χ3v) is 2.81. The van der Waals surface area contributed by atoms with E-state index in [4.69, 9.17) is 17.5 Å². The van der Waals surface area contributed by atoms with Gasteiger partial charge >= 0.3 is 6.18 Å². The summed E-state index contributed by atoms with van der Waals surface area (Å²) in [7, 11) is 0. The standard InChI is InChI=1S/C11H13ClF3NO/c1-10(2,6-17-16)7-3-4-8(9(12)5-7)11(13,14)15/h3-5H,6,16H2,1-2H3. The van der Waals surface area contributed by atoms with Crippen molar-refractivity contribution in [3.05, 3.63) is 34.3 Å². The fourth-order valence-corrected chi connectivity index (χ4v) is 1.75. The van der Waals surface area contributed by atoms with Crippen LogP contribution in [0.2, 0.25) is 5.02 Å². The largest absolute Gasteiger partial charge is 0.417 e. The molecule has 0 radical (unpaired) electrons. The quantitative estimate of drug-likeness (QED) is 0.851. The third-order valence-electron chi connectivity index (χ3n) is 2.50. The summed E-state index contributed by atoms with van der Waals surface area (Å²) in [6.45, 7) is 3.80. The lowest BCUT2D eigenvalue weighted by Gasteiger charge is -2.24. The Balaban J connectivity index is 3.13. The first-order valence-electron chi connectivity index (χ1n) is 4.87. The summed E-state index contributed by atoms with van der Waals surface area (Å²) in [5.74, 6) is 4.98. The summed E-state index contributed by atoms with van der Waals surface area (Å²) in [6.07, 6.45) is -4.44. The monoisotopic (exact) mass is 267 g/mol. The van der Waals surface area contributed by atoms with Crippen LogP contribution in [-0.4, -0.2) is 6.61 Å². The number of alkyl halides is 3. The van der Waals surface area contributed by atoms with Crippen molar-refractivity contribution in [2.45, 2.75) is 25.4 Å². The molecule has 0 aliphatic rings. The van der Waals surface area contributed by atoms with E-state index < -0.39 is 17.2 Å². The van der Waals surface area contributed by atoms with Crippen molar-refractivity contribution in [2.24, 2.45) is 5.90 Å². The van der Waals surface area contributed by atoms with E-state index in [0.717, 1.165) is 6.07 Å². The van der Waals surface area contributed by atoms with Crippen molar-refractivity contribution in [1.82, 2.24) is 0 Å². The molecule has 0 fully saturated rings. The summed E-state index contributed by atoms with van der Waals surface area (Å²) >= 11 is 5.63. The van der Waals surface area contributed by atoms with Gasteiger partial charge in [0, 0.05) is 5.41 Å². The summed E-state index contributed by atoms with van der Waals surface area (Å²) in [5, 5.41) is -0.319. The smallest absolute Gasteiger partial charge is 0.304 e. The topological polar surface area (TPSA) is 35.2 Å². The maximum Gasteiger partial charge on any atom is 0.417 e. The third kappa shape index (κ3) is 3.34. The van der Waals surface area contributed by atoms with Crippen molar-refractivity contribution in [3.63, 3.8) is 0 Å². The SMILES string of the molecule is CC(C)(CON)c1ccc(C(F)(F)F)c(Cl)c1. The Bertz CT molecular complexity index is 404. The van der Waals surface area contributed by atoms with Crippen molar-refractivity contribution < 1.29 is 18.0 Å². The fourth-order valence-electron chi connectivity index (χ4n) is 1.46. The number of nitrogens with two attached hydrogens (primary N) is 1. The molecule has 6 heteroatoms. The van der Waals surface area contributed by atoms with Crippen LogP contribution in [0.25, 0.3) is 0 Å². The van der Waals surface area contributed by atoms with Gasteiger partial charge in [0.25, 0.3) is 0 Å². The Morgan fingerprint density at radius 2 is 1.88 bits per heavy atom. The summed E-state index contributed by atoms with van der Waals surface area (Å²) in [6, 6.07) is 3.65. The van der Waals surface area contributed by atoms with Crippen molar-refractivity contribution >= 4 is 11.6 Å². The predicted molar refractivity (Wildman–Crippen MR) is 59.6 cm³/mol. The molecule has 1 aromatic rings. The molecule has 0 saturated heterocycles. The average molecular weight is 268 g/mol. The van der Waals surface area contributed by atoms with Crippen molar-refractivity contribution in [3.8, 4) is 0 Å². The van der Waals surface area contributed by atoms with Crippen LogP contribution in [0.4, 0.5) is 13.2 Å². The number of benzene rings is 1. The Labute approximate surface area is 102 Å². The van der Waals surface area contributed by atoms with Gasteiger partial charge in [-0.2, -0.15) is 13.2 Å². The van der Waals surface area contributed by atoms with E-state index in [2.05, 4.69) is 4.84 Å². The fraction of sp³-hybridized carbons (Fsp3) is 0.455. The Morgan fingerprint density at radius 3 is 2.29 bits per heavy atom. The van der Waals surface area contributed by atoms with Gasteiger partial charge in [-0.3, -0.25) is 0 Å². The van der Waals surface area contributed by atoms with Crippen LogP contribution in [-0.2, 0) is 16.4 Å². The highest BCUT2D eigenvalue weighted by Crippen LogP contribution is 2.37. The molecule has 2 N–H and O–H groups in total. The van der Waals surface area contributed by atoms with Gasteiger partial charge in [-0.25, -0.2) is 5.90 Å². The summed E-state index contributed by atoms with van der Waals surface area (Å²) < 4.78 is 37.5. The van der Waals surface area contributed by atoms with Gasteiger partial charge in [0.15, 0.2) is 0 Å². The lowest BCUT2D eigenvalue weighted by molar-refractivity contribution is -0.137. The van der Waals surface area contributed by atoms with Crippen LogP contribution in [0.15, 0.2) is 18.2 Å². The lowest BCUT2D eigenvalue weighted by Crippen LogP contribution is -2.26. The average Bonchev–Trinajstić information content (AvgIpc) is 2.15. The molecule has 0 saturated carbocycles. The van der Waals surface area contributed by atoms with Gasteiger partial charge in [-0.15, -0.1) is 0 Å². The lowest BCUT2D eigenvalue weighted by atomic mass is 9.85. The van der Waals surface area contributed by atoms with Gasteiger partial charge in [0.1, 0.15) is 0 Å². The van der Waals surface area contributed by atoms with Crippen LogP contribution >= 0.6 is 11.6 Å². The van der Waals surface area contributed by atoms with Crippen LogP contribution in [0.5, 0.6) is 0 Å². The molecule has 0 heterocycles. The molecule has 1 rings (SSSR count). The zero-order valence-electron chi connectivity index (χ0n) is 9.44. The van der Waals surface area contributed by atoms with E-state index in [1.807, 2.05) is 0 Å². The van der Waals surface area contributed by atoms with E-state index >= 15 is 0 Å². The van der Waals surface area contributed by atoms with Crippen LogP contribution in [0, 0.1) is 0 Å². The molecular formula is C11H13ClF3NO. The molecule has 0 bridgehead atoms. The minimum absolute atomic E-state index is 0.189. The molecule has 96 valence electrons. The van der Waals surface area contributed by atoms with Gasteiger partial charge < -0.3 is 4.84 Å². The normalized spacial score (nSPS) is 12.9. The number of halogens is 4. The Morgan fingerprint density at radius 1 is 1.29 bits per heavy atom. The molecule has 0 spiro atoms. The highest BCUT2D eigenvalue weighted by molar-refractivity contribution is 6.31. The van der Waals surface area contributed by atoms with Crippen molar-refractivity contribution in [2.75, 3.05) is 6.61 Å². The van der Waals surface area contributed by atoms with Gasteiger partial charge in [0.05, 0.1) is 17.2 Å². The van der Waals surface area contributed by atoms with E-state index in [1.165, 1.54) is 12.1 Å². The second-order valence-corrected chi connectivity index (χ2v) is 4.79. The second-order valence-electron chi connectivity index (χ2n) is 4.39. The number of rotatable bonds is 3. The number of hydrogen-bond acceptors (Lipinski definition) is 2. The maximum absolute atomic E-state index is 12.5. The molecular weight excluding hydrogens is 255 g/mol. The first kappa shape index (κ1) is 14.3. The number of hydrogen-bond donors (Lipinski definition) is 1. The molecule has 17 heavy (non-hydrogen) atoms. The minimum atomic E-state index is -4.44. The Kier molecular flexibility index (Phi) is 4.06. The first-order valence-corrected chi connectivity index (χ1v) is 5.25. The molecule has 2 nitrogen and oxygen atoms in total. The van der Waals surface area contributed by atoms with Crippen LogP contribution in [0.1, 0.15) is 25.0 Å². The highest BCUT2D eigenvalue weighted by atomic mass is 35.5. The molecule has 0 aliphatic heterocycles. The van der Waals surface area contributed by atoms with E-state index in [-0.39, 0.29) is 11.6 Å². The molecule has 0 amide bonds. The van der Waals surface area contributed by atoms with Crippen molar-refractivity contribution in [1.29, 1.82) is 0 Å². The Hall–Kier alpha value is -0.780. The second kappa shape index (κ2) is 4.84. The van der Waals surface area contributed by atoms with E-state index in [9.17, 15) is 13.2 Å². The van der Waals surface area contributed by atoms with E-state index in [0.29, 0.717) is 5.56 Å². The zero-order valence-corrected chi connectivity index (χ0v) is 10.2. The zero-order chi connectivity index (χ0) is 13.3. The van der Waals surface area contributed by atoms with Crippen LogP contribution in [0.3, 0.4) is 0 Å². The maximum atomic E-state index is 12.5. The molecule has 0 aliphatic carbocycles. The van der Waals surface area contributed by atoms with Gasteiger partial charge in [0.2, 0.25) is 0 Å². The summed E-state index contributed by atoms with van der Waals surface area (Å²) in [5.41, 5.74) is -0.698. The predicted octanol–water partition coefficient (Wildman–Crippen LogP) is 3.53. The van der Waals surface area contributed by atoms with Gasteiger partial charge in [-0.1, -0.05) is 31.5 Å². The first-order chi connectivity index (χ1) is 7.68. The minimum Gasteiger partial charge on any atom is -0.304 e. The highest BCUT2D eigenvalue weighted by Gasteiger charge is 2.34. The summed E-state index contributed by atoms with van der Waals surface area (Å²) in [4.78, 5) is 4.53. The van der Waals surface area contributed by atoms with Gasteiger partial charge in [-0.05, 0) is 17.7 Å². The molecule has 0 unspecified atom stereocenters.